The highest BCUT2D eigenvalue weighted by Crippen LogP contribution is 2.26. The van der Waals surface area contributed by atoms with Crippen molar-refractivity contribution in [2.24, 2.45) is 0 Å². The summed E-state index contributed by atoms with van der Waals surface area (Å²) in [5.74, 6) is 2.99. The van der Waals surface area contributed by atoms with E-state index < -0.39 is 0 Å². The van der Waals surface area contributed by atoms with Gasteiger partial charge in [0.2, 0.25) is 0 Å². The summed E-state index contributed by atoms with van der Waals surface area (Å²) >= 11 is 0. The Balaban J connectivity index is 1.39. The van der Waals surface area contributed by atoms with Gasteiger partial charge in [-0.3, -0.25) is 9.89 Å². The Kier molecular flexibility index (Phi) is 4.96. The molecule has 4 rings (SSSR count). The number of amides is 1. The Morgan fingerprint density at radius 1 is 1.18 bits per heavy atom. The lowest BCUT2D eigenvalue weighted by Crippen LogP contribution is -2.34. The van der Waals surface area contributed by atoms with Crippen molar-refractivity contribution in [3.8, 4) is 11.5 Å². The molecule has 0 radical (unpaired) electrons. The number of H-pyrrole nitrogens is 1. The molecular formula is C19H22N6O3. The van der Waals surface area contributed by atoms with Crippen LogP contribution in [-0.4, -0.2) is 56.0 Å². The van der Waals surface area contributed by atoms with Crippen LogP contribution in [0.15, 0.2) is 30.3 Å². The van der Waals surface area contributed by atoms with Crippen molar-refractivity contribution in [1.82, 2.24) is 29.9 Å². The quantitative estimate of drug-likeness (QED) is 0.720. The molecule has 9 heteroatoms. The maximum Gasteiger partial charge on any atom is 0.274 e. The molecule has 2 aromatic heterocycles. The second-order valence-corrected chi connectivity index (χ2v) is 6.58. The second-order valence-electron chi connectivity index (χ2n) is 6.58. The minimum atomic E-state index is -0.101. The summed E-state index contributed by atoms with van der Waals surface area (Å²) in [4.78, 5) is 14.6. The van der Waals surface area contributed by atoms with Crippen LogP contribution in [0.2, 0.25) is 0 Å². The average Bonchev–Trinajstić information content (AvgIpc) is 3.27. The summed E-state index contributed by atoms with van der Waals surface area (Å²) in [5, 5.41) is 15.3. The largest absolute Gasteiger partial charge is 0.493 e. The van der Waals surface area contributed by atoms with Gasteiger partial charge in [0.05, 0.1) is 12.8 Å². The summed E-state index contributed by atoms with van der Waals surface area (Å²) in [6.07, 6.45) is 0.681. The van der Waals surface area contributed by atoms with E-state index in [1.165, 1.54) is 0 Å². The third kappa shape index (κ3) is 3.55. The summed E-state index contributed by atoms with van der Waals surface area (Å²) in [5.41, 5.74) is 1.10. The lowest BCUT2D eigenvalue weighted by Gasteiger charge is -2.18. The number of rotatable bonds is 5. The topological polar surface area (TPSA) is 98.2 Å². The zero-order valence-electron chi connectivity index (χ0n) is 15.9. The maximum atomic E-state index is 12.8. The van der Waals surface area contributed by atoms with Crippen molar-refractivity contribution in [2.75, 3.05) is 20.2 Å². The normalized spacial score (nSPS) is 13.7. The number of nitrogens with one attached hydrogen (secondary N) is 1. The van der Waals surface area contributed by atoms with E-state index in [9.17, 15) is 4.79 Å². The van der Waals surface area contributed by atoms with Gasteiger partial charge in [-0.15, -0.1) is 10.2 Å². The molecule has 1 aliphatic rings. The molecular weight excluding hydrogens is 360 g/mol. The minimum absolute atomic E-state index is 0.101. The van der Waals surface area contributed by atoms with E-state index in [2.05, 4.69) is 25.0 Å². The van der Waals surface area contributed by atoms with Crippen LogP contribution in [0, 0.1) is 6.92 Å². The highest BCUT2D eigenvalue weighted by Gasteiger charge is 2.23. The number of aryl methyl sites for hydroxylation is 1. The smallest absolute Gasteiger partial charge is 0.274 e. The van der Waals surface area contributed by atoms with Crippen molar-refractivity contribution in [2.45, 2.75) is 26.5 Å². The van der Waals surface area contributed by atoms with Gasteiger partial charge in [-0.1, -0.05) is 12.1 Å². The van der Waals surface area contributed by atoms with Crippen LogP contribution in [-0.2, 0) is 19.6 Å². The lowest BCUT2D eigenvalue weighted by molar-refractivity contribution is 0.0753. The van der Waals surface area contributed by atoms with E-state index in [0.717, 1.165) is 17.3 Å². The van der Waals surface area contributed by atoms with E-state index in [0.29, 0.717) is 43.2 Å². The van der Waals surface area contributed by atoms with Crippen LogP contribution in [0.3, 0.4) is 0 Å². The first kappa shape index (κ1) is 18.0. The van der Waals surface area contributed by atoms with Crippen LogP contribution in [0.4, 0.5) is 0 Å². The summed E-state index contributed by atoms with van der Waals surface area (Å²) < 4.78 is 13.1. The molecule has 0 unspecified atom stereocenters. The van der Waals surface area contributed by atoms with Gasteiger partial charge in [-0.25, -0.2) is 0 Å². The van der Waals surface area contributed by atoms with Gasteiger partial charge in [0.15, 0.2) is 17.2 Å². The molecule has 0 spiro atoms. The molecule has 1 aliphatic heterocycles. The number of aromatic nitrogens is 5. The summed E-state index contributed by atoms with van der Waals surface area (Å²) in [7, 11) is 1.60. The van der Waals surface area contributed by atoms with Crippen molar-refractivity contribution in [1.29, 1.82) is 0 Å². The Hall–Kier alpha value is -3.36. The minimum Gasteiger partial charge on any atom is -0.493 e. The van der Waals surface area contributed by atoms with Crippen molar-refractivity contribution in [3.63, 3.8) is 0 Å². The van der Waals surface area contributed by atoms with Crippen molar-refractivity contribution < 1.29 is 14.3 Å². The number of carbonyl (C=O) groups excluding carboxylic acids is 1. The van der Waals surface area contributed by atoms with Gasteiger partial charge in [0, 0.05) is 26.1 Å². The Bertz CT molecular complexity index is 980. The van der Waals surface area contributed by atoms with Crippen LogP contribution >= 0.6 is 0 Å². The molecule has 9 nitrogen and oxygen atoms in total. The van der Waals surface area contributed by atoms with Crippen LogP contribution in [0.5, 0.6) is 11.5 Å². The molecule has 0 fully saturated rings. The number of aromatic amines is 1. The van der Waals surface area contributed by atoms with Gasteiger partial charge in [-0.05, 0) is 25.1 Å². The molecule has 0 bridgehead atoms. The average molecular weight is 382 g/mol. The number of para-hydroxylation sites is 2. The Labute approximate surface area is 162 Å². The molecule has 1 N–H and O–H groups in total. The van der Waals surface area contributed by atoms with E-state index in [1.54, 1.807) is 18.1 Å². The summed E-state index contributed by atoms with van der Waals surface area (Å²) in [6.45, 7) is 4.08. The number of benzene rings is 1. The molecule has 3 heterocycles. The predicted octanol–water partition coefficient (Wildman–Crippen LogP) is 1.60. The van der Waals surface area contributed by atoms with Gasteiger partial charge in [-0.2, -0.15) is 5.10 Å². The Morgan fingerprint density at radius 2 is 2.00 bits per heavy atom. The van der Waals surface area contributed by atoms with Crippen molar-refractivity contribution in [3.05, 3.63) is 53.4 Å². The monoisotopic (exact) mass is 382 g/mol. The van der Waals surface area contributed by atoms with E-state index >= 15 is 0 Å². The molecule has 0 atom stereocenters. The van der Waals surface area contributed by atoms with E-state index in [1.807, 2.05) is 31.2 Å². The predicted molar refractivity (Wildman–Crippen MR) is 100 cm³/mol. The van der Waals surface area contributed by atoms with Gasteiger partial charge in [0.25, 0.3) is 5.91 Å². The SMILES string of the molecule is COc1ccccc1OCc1cc(C(=O)N2CCc3nnc(C)n3CC2)n[nH]1. The standard InChI is InChI=1S/C19H22N6O3/c1-13-20-23-18-7-8-24(9-10-25(13)18)19(26)15-11-14(21-22-15)12-28-17-6-4-3-5-16(17)27-2/h3-6,11H,7-10,12H2,1-2H3,(H,21,22). The van der Waals surface area contributed by atoms with Gasteiger partial charge in [0.1, 0.15) is 18.3 Å². The zero-order chi connectivity index (χ0) is 19.5. The highest BCUT2D eigenvalue weighted by atomic mass is 16.5. The van der Waals surface area contributed by atoms with Crippen molar-refractivity contribution >= 4 is 5.91 Å². The highest BCUT2D eigenvalue weighted by molar-refractivity contribution is 5.92. The first-order valence-corrected chi connectivity index (χ1v) is 9.14. The molecule has 28 heavy (non-hydrogen) atoms. The van der Waals surface area contributed by atoms with Crippen LogP contribution in [0.25, 0.3) is 0 Å². The number of fused-ring (bicyclic) bond motifs is 1. The number of ether oxygens (including phenoxy) is 2. The fraction of sp³-hybridized carbons (Fsp3) is 0.368. The molecule has 0 saturated carbocycles. The second kappa shape index (κ2) is 7.71. The number of nitrogens with zero attached hydrogens (tertiary/aromatic N) is 5. The summed E-state index contributed by atoms with van der Waals surface area (Å²) in [6, 6.07) is 9.15. The number of methoxy groups -OCH3 is 1. The fourth-order valence-electron chi connectivity index (χ4n) is 3.27. The first-order chi connectivity index (χ1) is 13.7. The number of hydrogen-bond donors (Lipinski definition) is 1. The third-order valence-corrected chi connectivity index (χ3v) is 4.80. The molecule has 1 amide bonds. The fourth-order valence-corrected chi connectivity index (χ4v) is 3.27. The molecule has 3 aromatic rings. The van der Waals surface area contributed by atoms with E-state index in [-0.39, 0.29) is 12.5 Å². The van der Waals surface area contributed by atoms with Crippen LogP contribution < -0.4 is 9.47 Å². The number of hydrogen-bond acceptors (Lipinski definition) is 6. The number of carbonyl (C=O) groups is 1. The molecule has 146 valence electrons. The molecule has 1 aromatic carbocycles. The maximum absolute atomic E-state index is 12.8. The molecule has 0 saturated heterocycles. The van der Waals surface area contributed by atoms with Gasteiger partial charge >= 0.3 is 0 Å². The third-order valence-electron chi connectivity index (χ3n) is 4.80. The first-order valence-electron chi connectivity index (χ1n) is 9.14. The van der Waals surface area contributed by atoms with E-state index in [4.69, 9.17) is 9.47 Å². The van der Waals surface area contributed by atoms with Gasteiger partial charge < -0.3 is 18.9 Å². The Morgan fingerprint density at radius 3 is 2.82 bits per heavy atom. The molecule has 0 aliphatic carbocycles. The lowest BCUT2D eigenvalue weighted by atomic mass is 10.3. The zero-order valence-corrected chi connectivity index (χ0v) is 15.9. The van der Waals surface area contributed by atoms with Crippen LogP contribution in [0.1, 0.15) is 27.8 Å².